The van der Waals surface area contributed by atoms with Crippen LogP contribution in [0.15, 0.2) is 46.5 Å². The predicted molar refractivity (Wildman–Crippen MR) is 83.0 cm³/mol. The first kappa shape index (κ1) is 13.9. The quantitative estimate of drug-likeness (QED) is 0.814. The van der Waals surface area contributed by atoms with Gasteiger partial charge in [0.05, 0.1) is 0 Å². The van der Waals surface area contributed by atoms with Gasteiger partial charge >= 0.3 is 0 Å². The Balaban J connectivity index is 2.00. The number of carbonyl (C=O) groups is 1. The molecule has 2 aromatic rings. The second-order valence-electron chi connectivity index (χ2n) is 4.64. The zero-order valence-electron chi connectivity index (χ0n) is 11.7. The molecule has 0 saturated heterocycles. The van der Waals surface area contributed by atoms with E-state index in [1.807, 2.05) is 37.3 Å². The van der Waals surface area contributed by atoms with Crippen LogP contribution in [0, 0.1) is 0 Å². The van der Waals surface area contributed by atoms with Gasteiger partial charge < -0.3 is 4.90 Å². The summed E-state index contributed by atoms with van der Waals surface area (Å²) in [4.78, 5) is 30.9. The van der Waals surface area contributed by atoms with Crippen LogP contribution in [-0.2, 0) is 6.54 Å². The number of rotatable bonds is 3. The smallest absolute Gasteiger partial charge is 0.267 e. The molecule has 1 amide bonds. The van der Waals surface area contributed by atoms with Gasteiger partial charge in [-0.2, -0.15) is 0 Å². The summed E-state index contributed by atoms with van der Waals surface area (Å²) in [5, 5.41) is 0.694. The third-order valence-electron chi connectivity index (χ3n) is 3.42. The van der Waals surface area contributed by atoms with E-state index < -0.39 is 0 Å². The minimum absolute atomic E-state index is 0.131. The summed E-state index contributed by atoms with van der Waals surface area (Å²) >= 11 is 1.54. The van der Waals surface area contributed by atoms with E-state index in [9.17, 15) is 9.59 Å². The SMILES string of the molecule is CCN(C(=O)c1cnc2n(c1=O)CCS2)c1ccccc1. The van der Waals surface area contributed by atoms with Crippen molar-refractivity contribution in [3.63, 3.8) is 0 Å². The van der Waals surface area contributed by atoms with E-state index in [1.165, 1.54) is 18.0 Å². The Morgan fingerprint density at radius 1 is 1.38 bits per heavy atom. The third kappa shape index (κ3) is 2.47. The molecule has 0 aliphatic carbocycles. The van der Waals surface area contributed by atoms with Gasteiger partial charge in [0.2, 0.25) is 0 Å². The molecule has 21 heavy (non-hydrogen) atoms. The highest BCUT2D eigenvalue weighted by molar-refractivity contribution is 7.99. The van der Waals surface area contributed by atoms with Gasteiger partial charge in [-0.15, -0.1) is 0 Å². The highest BCUT2D eigenvalue weighted by Gasteiger charge is 2.23. The van der Waals surface area contributed by atoms with E-state index in [0.717, 1.165) is 11.4 Å². The molecule has 1 aromatic carbocycles. The molecule has 108 valence electrons. The molecule has 2 heterocycles. The minimum atomic E-state index is -0.298. The fourth-order valence-corrected chi connectivity index (χ4v) is 3.27. The molecule has 6 heteroatoms. The van der Waals surface area contributed by atoms with Gasteiger partial charge in [0, 0.05) is 30.7 Å². The fraction of sp³-hybridized carbons (Fsp3) is 0.267. The molecule has 1 aliphatic rings. The van der Waals surface area contributed by atoms with E-state index in [0.29, 0.717) is 18.2 Å². The van der Waals surface area contributed by atoms with Gasteiger partial charge in [-0.1, -0.05) is 30.0 Å². The van der Waals surface area contributed by atoms with Crippen LogP contribution in [0.5, 0.6) is 0 Å². The van der Waals surface area contributed by atoms with Crippen molar-refractivity contribution in [3.05, 3.63) is 52.4 Å². The van der Waals surface area contributed by atoms with Crippen LogP contribution < -0.4 is 10.5 Å². The van der Waals surface area contributed by atoms with Crippen molar-refractivity contribution in [1.82, 2.24) is 9.55 Å². The van der Waals surface area contributed by atoms with Crippen molar-refractivity contribution < 1.29 is 4.79 Å². The second-order valence-corrected chi connectivity index (χ2v) is 5.71. The number of benzene rings is 1. The largest absolute Gasteiger partial charge is 0.308 e. The normalized spacial score (nSPS) is 13.0. The number of hydrogen-bond acceptors (Lipinski definition) is 4. The molecule has 1 aliphatic heterocycles. The first-order valence-electron chi connectivity index (χ1n) is 6.82. The van der Waals surface area contributed by atoms with Gasteiger partial charge in [0.25, 0.3) is 11.5 Å². The van der Waals surface area contributed by atoms with Crippen LogP contribution in [-0.4, -0.2) is 27.8 Å². The maximum absolute atomic E-state index is 12.7. The molecule has 0 fully saturated rings. The highest BCUT2D eigenvalue weighted by Crippen LogP contribution is 2.21. The summed E-state index contributed by atoms with van der Waals surface area (Å²) in [6.07, 6.45) is 1.40. The van der Waals surface area contributed by atoms with Crippen molar-refractivity contribution in [2.24, 2.45) is 0 Å². The number of fused-ring (bicyclic) bond motifs is 1. The molecule has 0 saturated carbocycles. The van der Waals surface area contributed by atoms with Gasteiger partial charge in [-0.25, -0.2) is 4.98 Å². The first-order chi connectivity index (χ1) is 10.2. The van der Waals surface area contributed by atoms with Crippen LogP contribution >= 0.6 is 11.8 Å². The van der Waals surface area contributed by atoms with Crippen molar-refractivity contribution >= 4 is 23.4 Å². The standard InChI is InChI=1S/C15H15N3O2S/c1-2-17(11-6-4-3-5-7-11)13(19)12-10-16-15-18(14(12)20)8-9-21-15/h3-7,10H,2,8-9H2,1H3. The molecule has 0 atom stereocenters. The Hall–Kier alpha value is -2.08. The summed E-state index contributed by atoms with van der Waals surface area (Å²) in [6.45, 7) is 3.00. The monoisotopic (exact) mass is 301 g/mol. The highest BCUT2D eigenvalue weighted by atomic mass is 32.2. The molecular formula is C15H15N3O2S. The summed E-state index contributed by atoms with van der Waals surface area (Å²) in [6, 6.07) is 9.35. The van der Waals surface area contributed by atoms with Crippen molar-refractivity contribution in [1.29, 1.82) is 0 Å². The Morgan fingerprint density at radius 2 is 2.14 bits per heavy atom. The topological polar surface area (TPSA) is 55.2 Å². The van der Waals surface area contributed by atoms with Crippen LogP contribution in [0.2, 0.25) is 0 Å². The third-order valence-corrected chi connectivity index (χ3v) is 4.39. The van der Waals surface area contributed by atoms with Gasteiger partial charge in [0.15, 0.2) is 5.16 Å². The van der Waals surface area contributed by atoms with Gasteiger partial charge in [0.1, 0.15) is 5.56 Å². The van der Waals surface area contributed by atoms with Crippen molar-refractivity contribution in [3.8, 4) is 0 Å². The average Bonchev–Trinajstić information content (AvgIpc) is 2.99. The molecule has 1 aromatic heterocycles. The van der Waals surface area contributed by atoms with Crippen LogP contribution in [0.3, 0.4) is 0 Å². The van der Waals surface area contributed by atoms with Crippen LogP contribution in [0.4, 0.5) is 5.69 Å². The Bertz CT molecular complexity index is 727. The number of carbonyl (C=O) groups excluding carboxylic acids is 1. The number of para-hydroxylation sites is 1. The van der Waals surface area contributed by atoms with Crippen molar-refractivity contribution in [2.75, 3.05) is 17.2 Å². The number of hydrogen-bond donors (Lipinski definition) is 0. The average molecular weight is 301 g/mol. The molecule has 5 nitrogen and oxygen atoms in total. The number of nitrogens with zero attached hydrogens (tertiary/aromatic N) is 3. The predicted octanol–water partition coefficient (Wildman–Crippen LogP) is 2.02. The summed E-state index contributed by atoms with van der Waals surface area (Å²) in [5.41, 5.74) is 0.667. The zero-order valence-corrected chi connectivity index (χ0v) is 12.5. The lowest BCUT2D eigenvalue weighted by molar-refractivity contribution is 0.0985. The fourth-order valence-electron chi connectivity index (χ4n) is 2.36. The van der Waals surface area contributed by atoms with Gasteiger partial charge in [-0.05, 0) is 19.1 Å². The minimum Gasteiger partial charge on any atom is -0.308 e. The molecule has 0 bridgehead atoms. The molecule has 0 unspecified atom stereocenters. The number of aromatic nitrogens is 2. The number of thioether (sulfide) groups is 1. The van der Waals surface area contributed by atoms with Crippen LogP contribution in [0.25, 0.3) is 0 Å². The maximum atomic E-state index is 12.7. The first-order valence-corrected chi connectivity index (χ1v) is 7.80. The lowest BCUT2D eigenvalue weighted by atomic mass is 10.2. The van der Waals surface area contributed by atoms with E-state index in [4.69, 9.17) is 0 Å². The Morgan fingerprint density at radius 3 is 2.86 bits per heavy atom. The van der Waals surface area contributed by atoms with Gasteiger partial charge in [-0.3, -0.25) is 14.2 Å². The summed E-state index contributed by atoms with van der Waals surface area (Å²) in [7, 11) is 0. The molecule has 3 rings (SSSR count). The summed E-state index contributed by atoms with van der Waals surface area (Å²) < 4.78 is 1.58. The van der Waals surface area contributed by atoms with E-state index >= 15 is 0 Å². The molecular weight excluding hydrogens is 286 g/mol. The van der Waals surface area contributed by atoms with E-state index in [2.05, 4.69) is 4.98 Å². The molecule has 0 N–H and O–H groups in total. The molecule has 0 radical (unpaired) electrons. The van der Waals surface area contributed by atoms with E-state index in [-0.39, 0.29) is 17.0 Å². The second kappa shape index (κ2) is 5.73. The van der Waals surface area contributed by atoms with Crippen LogP contribution in [0.1, 0.15) is 17.3 Å². The lowest BCUT2D eigenvalue weighted by Crippen LogP contribution is -2.37. The van der Waals surface area contributed by atoms with E-state index in [1.54, 1.807) is 9.47 Å². The Kier molecular flexibility index (Phi) is 3.79. The number of anilines is 1. The van der Waals surface area contributed by atoms with Crippen molar-refractivity contribution in [2.45, 2.75) is 18.6 Å². The lowest BCUT2D eigenvalue weighted by Gasteiger charge is -2.20. The molecule has 0 spiro atoms. The zero-order chi connectivity index (χ0) is 14.8. The Labute approximate surface area is 126 Å². The number of amides is 1. The summed E-state index contributed by atoms with van der Waals surface area (Å²) in [5.74, 6) is 0.532. The maximum Gasteiger partial charge on any atom is 0.267 e.